The van der Waals surface area contributed by atoms with Crippen LogP contribution in [0.4, 0.5) is 0 Å². The van der Waals surface area contributed by atoms with Gasteiger partial charge in [-0.2, -0.15) is 0 Å². The number of fused-ring (bicyclic) bond motifs is 2. The lowest BCUT2D eigenvalue weighted by molar-refractivity contribution is -0.151. The number of hydrogen-bond acceptors (Lipinski definition) is 3. The summed E-state index contributed by atoms with van der Waals surface area (Å²) in [6.45, 7) is 2.27. The fraction of sp³-hybridized carbons (Fsp3) is 0.727. The van der Waals surface area contributed by atoms with Crippen molar-refractivity contribution in [3.8, 4) is 0 Å². The number of rotatable bonds is 3. The third kappa shape index (κ3) is 1.82. The Labute approximate surface area is 84.1 Å². The average molecular weight is 196 g/mol. The van der Waals surface area contributed by atoms with Crippen molar-refractivity contribution in [1.29, 1.82) is 0 Å². The van der Waals surface area contributed by atoms with Gasteiger partial charge in [-0.1, -0.05) is 12.2 Å². The molecule has 0 aliphatic carbocycles. The van der Waals surface area contributed by atoms with E-state index in [0.29, 0.717) is 13.0 Å². The predicted octanol–water partition coefficient (Wildman–Crippen LogP) is 1.82. The highest BCUT2D eigenvalue weighted by Gasteiger charge is 2.40. The van der Waals surface area contributed by atoms with Crippen LogP contribution in [0.3, 0.4) is 0 Å². The molecule has 0 saturated carbocycles. The van der Waals surface area contributed by atoms with Crippen LogP contribution in [0, 0.1) is 0 Å². The van der Waals surface area contributed by atoms with Gasteiger partial charge in [0, 0.05) is 0 Å². The molecule has 2 aliphatic heterocycles. The van der Waals surface area contributed by atoms with Gasteiger partial charge in [-0.15, -0.1) is 0 Å². The smallest absolute Gasteiger partial charge is 0.309 e. The molecule has 0 amide bonds. The molecule has 1 fully saturated rings. The van der Waals surface area contributed by atoms with E-state index in [0.717, 1.165) is 19.3 Å². The van der Waals surface area contributed by atoms with E-state index in [9.17, 15) is 4.79 Å². The minimum atomic E-state index is -0.338. The summed E-state index contributed by atoms with van der Waals surface area (Å²) >= 11 is 0. The highest BCUT2D eigenvalue weighted by Crippen LogP contribution is 2.38. The Hall–Kier alpha value is -0.830. The Balaban J connectivity index is 1.96. The molecular formula is C11H16O3. The van der Waals surface area contributed by atoms with Crippen molar-refractivity contribution in [1.82, 2.24) is 0 Å². The lowest BCUT2D eigenvalue weighted by atomic mass is 9.93. The molecule has 2 heterocycles. The number of carbonyl (C=O) groups is 1. The number of hydrogen-bond donors (Lipinski definition) is 0. The topological polar surface area (TPSA) is 35.5 Å². The van der Waals surface area contributed by atoms with Gasteiger partial charge in [0.2, 0.25) is 0 Å². The van der Waals surface area contributed by atoms with Gasteiger partial charge >= 0.3 is 5.97 Å². The minimum Gasteiger partial charge on any atom is -0.466 e. The molecule has 2 bridgehead atoms. The molecule has 0 radical (unpaired) electrons. The van der Waals surface area contributed by atoms with Crippen molar-refractivity contribution >= 4 is 5.97 Å². The summed E-state index contributed by atoms with van der Waals surface area (Å²) in [5, 5.41) is 0. The monoisotopic (exact) mass is 196 g/mol. The zero-order valence-electron chi connectivity index (χ0n) is 8.49. The van der Waals surface area contributed by atoms with Crippen LogP contribution in [-0.4, -0.2) is 24.3 Å². The van der Waals surface area contributed by atoms with Gasteiger partial charge in [0.15, 0.2) is 0 Å². The second-order valence-corrected chi connectivity index (χ2v) is 3.95. The van der Waals surface area contributed by atoms with Crippen LogP contribution >= 0.6 is 0 Å². The Bertz CT molecular complexity index is 259. The summed E-state index contributed by atoms with van der Waals surface area (Å²) < 4.78 is 10.7. The maximum absolute atomic E-state index is 11.4. The van der Waals surface area contributed by atoms with Crippen LogP contribution in [0.15, 0.2) is 12.2 Å². The molecule has 2 aliphatic rings. The summed E-state index contributed by atoms with van der Waals surface area (Å²) in [4.78, 5) is 11.4. The molecule has 0 N–H and O–H groups in total. The lowest BCUT2D eigenvalue weighted by Crippen LogP contribution is -2.36. The Morgan fingerprint density at radius 1 is 1.71 bits per heavy atom. The van der Waals surface area contributed by atoms with E-state index in [2.05, 4.69) is 6.08 Å². The third-order valence-electron chi connectivity index (χ3n) is 2.84. The molecule has 2 atom stereocenters. The van der Waals surface area contributed by atoms with E-state index in [4.69, 9.17) is 9.47 Å². The van der Waals surface area contributed by atoms with E-state index in [1.54, 1.807) is 0 Å². The molecule has 1 saturated heterocycles. The maximum atomic E-state index is 11.4. The number of carbonyl (C=O) groups excluding carboxylic acids is 1. The fourth-order valence-corrected chi connectivity index (χ4v) is 2.21. The molecule has 78 valence electrons. The molecule has 0 aromatic heterocycles. The first-order chi connectivity index (χ1) is 6.74. The second kappa shape index (κ2) is 3.73. The number of ether oxygens (including phenoxy) is 2. The van der Waals surface area contributed by atoms with E-state index in [1.807, 2.05) is 13.0 Å². The lowest BCUT2D eigenvalue weighted by Gasteiger charge is -2.32. The van der Waals surface area contributed by atoms with E-state index < -0.39 is 0 Å². The van der Waals surface area contributed by atoms with Crippen molar-refractivity contribution in [2.75, 3.05) is 6.61 Å². The summed E-state index contributed by atoms with van der Waals surface area (Å²) in [7, 11) is 0. The predicted molar refractivity (Wildman–Crippen MR) is 51.8 cm³/mol. The molecule has 0 aromatic rings. The molecular weight excluding hydrogens is 180 g/mol. The van der Waals surface area contributed by atoms with Crippen LogP contribution in [0.2, 0.25) is 0 Å². The van der Waals surface area contributed by atoms with Gasteiger partial charge in [-0.25, -0.2) is 0 Å². The maximum Gasteiger partial charge on any atom is 0.309 e. The van der Waals surface area contributed by atoms with Gasteiger partial charge in [0.05, 0.1) is 24.7 Å². The zero-order chi connectivity index (χ0) is 10.0. The molecule has 2 unspecified atom stereocenters. The zero-order valence-corrected chi connectivity index (χ0v) is 8.49. The summed E-state index contributed by atoms with van der Waals surface area (Å²) in [6.07, 6.45) is 7.89. The van der Waals surface area contributed by atoms with Crippen LogP contribution in [0.1, 0.15) is 32.6 Å². The van der Waals surface area contributed by atoms with Gasteiger partial charge in [0.25, 0.3) is 0 Å². The highest BCUT2D eigenvalue weighted by molar-refractivity contribution is 5.71. The Morgan fingerprint density at radius 2 is 2.57 bits per heavy atom. The number of esters is 1. The van der Waals surface area contributed by atoms with Gasteiger partial charge in [-0.3, -0.25) is 4.79 Å². The van der Waals surface area contributed by atoms with Gasteiger partial charge < -0.3 is 9.47 Å². The SMILES string of the molecule is CCOC(=O)CC12C=CC(CCC1)O2. The highest BCUT2D eigenvalue weighted by atomic mass is 16.5. The summed E-state index contributed by atoms with van der Waals surface area (Å²) in [5.41, 5.74) is -0.338. The van der Waals surface area contributed by atoms with Crippen molar-refractivity contribution in [2.24, 2.45) is 0 Å². The molecule has 14 heavy (non-hydrogen) atoms. The fourth-order valence-electron chi connectivity index (χ4n) is 2.21. The summed E-state index contributed by atoms with van der Waals surface area (Å²) in [5.74, 6) is -0.153. The largest absolute Gasteiger partial charge is 0.466 e. The van der Waals surface area contributed by atoms with Gasteiger partial charge in [0.1, 0.15) is 0 Å². The van der Waals surface area contributed by atoms with Crippen molar-refractivity contribution in [2.45, 2.75) is 44.3 Å². The molecule has 2 rings (SSSR count). The molecule has 3 heteroatoms. The molecule has 0 spiro atoms. The van der Waals surface area contributed by atoms with Crippen molar-refractivity contribution in [3.63, 3.8) is 0 Å². The molecule has 0 aromatic carbocycles. The summed E-state index contributed by atoms with van der Waals surface area (Å²) in [6, 6.07) is 0. The van der Waals surface area contributed by atoms with Crippen molar-refractivity contribution < 1.29 is 14.3 Å². The Morgan fingerprint density at radius 3 is 3.36 bits per heavy atom. The van der Waals surface area contributed by atoms with E-state index in [1.165, 1.54) is 0 Å². The third-order valence-corrected chi connectivity index (χ3v) is 2.84. The first-order valence-corrected chi connectivity index (χ1v) is 5.27. The standard InChI is InChI=1S/C11H16O3/c1-2-13-10(12)8-11-6-3-4-9(14-11)5-7-11/h5,7,9H,2-4,6,8H2,1H3. The van der Waals surface area contributed by atoms with Crippen molar-refractivity contribution in [3.05, 3.63) is 12.2 Å². The van der Waals surface area contributed by atoms with Gasteiger partial charge in [-0.05, 0) is 26.2 Å². The Kier molecular flexibility index (Phi) is 2.59. The van der Waals surface area contributed by atoms with E-state index >= 15 is 0 Å². The average Bonchev–Trinajstić information content (AvgIpc) is 2.42. The molecule has 3 nitrogen and oxygen atoms in total. The first kappa shape index (κ1) is 9.71. The van der Waals surface area contributed by atoms with Crippen LogP contribution in [0.5, 0.6) is 0 Å². The van der Waals surface area contributed by atoms with Crippen LogP contribution in [0.25, 0.3) is 0 Å². The van der Waals surface area contributed by atoms with E-state index in [-0.39, 0.29) is 17.7 Å². The second-order valence-electron chi connectivity index (χ2n) is 3.95. The van der Waals surface area contributed by atoms with Crippen LogP contribution in [-0.2, 0) is 14.3 Å². The van der Waals surface area contributed by atoms with Crippen LogP contribution < -0.4 is 0 Å². The minimum absolute atomic E-state index is 0.153. The quantitative estimate of drug-likeness (QED) is 0.510. The first-order valence-electron chi connectivity index (χ1n) is 5.27. The normalized spacial score (nSPS) is 34.5.